The van der Waals surface area contributed by atoms with E-state index in [1.165, 1.54) is 32.1 Å². The smallest absolute Gasteiger partial charge is 0.305 e. The summed E-state index contributed by atoms with van der Waals surface area (Å²) >= 11 is 0. The van der Waals surface area contributed by atoms with Crippen molar-refractivity contribution in [3.05, 3.63) is 0 Å². The van der Waals surface area contributed by atoms with Crippen LogP contribution < -0.4 is 0 Å². The van der Waals surface area contributed by atoms with Gasteiger partial charge < -0.3 is 19.3 Å². The first-order chi connectivity index (χ1) is 18.4. The average Bonchev–Trinajstić information content (AvgIpc) is 2.90. The molecule has 1 amide bonds. The number of rotatable bonds is 27. The Morgan fingerprint density at radius 2 is 1.39 bits per heavy atom. The van der Waals surface area contributed by atoms with Gasteiger partial charge in [-0.05, 0) is 58.5 Å². The molecule has 0 N–H and O–H groups in total. The number of amides is 1. The molecule has 0 heterocycles. The van der Waals surface area contributed by atoms with Crippen molar-refractivity contribution in [1.82, 2.24) is 9.80 Å². The van der Waals surface area contributed by atoms with Crippen LogP contribution in [-0.2, 0) is 19.1 Å². The van der Waals surface area contributed by atoms with E-state index in [-0.39, 0.29) is 17.9 Å². The Bertz CT molecular complexity index is 582. The Morgan fingerprint density at radius 3 is 2.00 bits per heavy atom. The highest BCUT2D eigenvalue weighted by molar-refractivity contribution is 5.76. The highest BCUT2D eigenvalue weighted by Gasteiger charge is 2.23. The predicted molar refractivity (Wildman–Crippen MR) is 159 cm³/mol. The summed E-state index contributed by atoms with van der Waals surface area (Å²) in [6.07, 6.45) is 19.8. The Hall–Kier alpha value is -1.43. The number of ether oxygens (including phenoxy) is 1. The first-order valence-corrected chi connectivity index (χ1v) is 15.9. The predicted octanol–water partition coefficient (Wildman–Crippen LogP) is 7.58. The van der Waals surface area contributed by atoms with Crippen LogP contribution >= 0.6 is 0 Å². The topological polar surface area (TPSA) is 66.9 Å². The maximum atomic E-state index is 13.3. The molecule has 0 saturated heterocycles. The van der Waals surface area contributed by atoms with Crippen LogP contribution in [0, 0.1) is 5.92 Å². The van der Waals surface area contributed by atoms with Crippen LogP contribution in [-0.4, -0.2) is 67.8 Å². The van der Waals surface area contributed by atoms with Gasteiger partial charge >= 0.3 is 5.97 Å². The second-order valence-electron chi connectivity index (χ2n) is 11.4. The maximum Gasteiger partial charge on any atom is 0.305 e. The van der Waals surface area contributed by atoms with Crippen molar-refractivity contribution in [3.8, 4) is 0 Å². The monoisotopic (exact) mass is 538 g/mol. The second-order valence-corrected chi connectivity index (χ2v) is 11.4. The van der Waals surface area contributed by atoms with Crippen molar-refractivity contribution < 1.29 is 19.1 Å². The van der Waals surface area contributed by atoms with Crippen LogP contribution in [0.25, 0.3) is 0 Å². The molecule has 0 rings (SSSR count). The van der Waals surface area contributed by atoms with Gasteiger partial charge in [-0.2, -0.15) is 0 Å². The highest BCUT2D eigenvalue weighted by atomic mass is 16.5. The molecule has 0 saturated carbocycles. The number of aldehydes is 1. The summed E-state index contributed by atoms with van der Waals surface area (Å²) in [5, 5.41) is 0. The zero-order chi connectivity index (χ0) is 28.4. The largest absolute Gasteiger partial charge is 0.465 e. The fourth-order valence-corrected chi connectivity index (χ4v) is 4.93. The van der Waals surface area contributed by atoms with Gasteiger partial charge in [-0.1, -0.05) is 85.0 Å². The number of hydrogen-bond donors (Lipinski definition) is 0. The number of unbranched alkanes of at least 4 members (excludes halogenated alkanes) is 9. The van der Waals surface area contributed by atoms with Crippen molar-refractivity contribution in [1.29, 1.82) is 0 Å². The van der Waals surface area contributed by atoms with Gasteiger partial charge in [-0.15, -0.1) is 0 Å². The van der Waals surface area contributed by atoms with Crippen LogP contribution in [0.4, 0.5) is 0 Å². The minimum Gasteiger partial charge on any atom is -0.465 e. The number of hydrogen-bond acceptors (Lipinski definition) is 5. The molecule has 0 spiro atoms. The fourth-order valence-electron chi connectivity index (χ4n) is 4.93. The average molecular weight is 539 g/mol. The third-order valence-electron chi connectivity index (χ3n) is 7.59. The van der Waals surface area contributed by atoms with E-state index in [9.17, 15) is 14.4 Å². The van der Waals surface area contributed by atoms with E-state index >= 15 is 0 Å². The van der Waals surface area contributed by atoms with Crippen molar-refractivity contribution >= 4 is 18.2 Å². The molecule has 0 fully saturated rings. The summed E-state index contributed by atoms with van der Waals surface area (Å²) < 4.78 is 5.56. The molecule has 0 aromatic heterocycles. The minimum atomic E-state index is -0.0806. The molecule has 6 nitrogen and oxygen atoms in total. The van der Waals surface area contributed by atoms with E-state index < -0.39 is 0 Å². The Labute approximate surface area is 235 Å². The number of carbonyl (C=O) groups excluding carboxylic acids is 3. The second kappa shape index (κ2) is 25.8. The molecular weight excluding hydrogens is 476 g/mol. The van der Waals surface area contributed by atoms with Crippen molar-refractivity contribution in [2.45, 2.75) is 149 Å². The molecule has 0 aliphatic carbocycles. The lowest BCUT2D eigenvalue weighted by Gasteiger charge is -2.33. The summed E-state index contributed by atoms with van der Waals surface area (Å²) in [4.78, 5) is 40.5. The maximum absolute atomic E-state index is 13.3. The van der Waals surface area contributed by atoms with Gasteiger partial charge in [0.2, 0.25) is 5.91 Å². The number of esters is 1. The fraction of sp³-hybridized carbons (Fsp3) is 0.906. The van der Waals surface area contributed by atoms with Gasteiger partial charge in [0, 0.05) is 38.4 Å². The Morgan fingerprint density at radius 1 is 0.737 bits per heavy atom. The third kappa shape index (κ3) is 20.5. The summed E-state index contributed by atoms with van der Waals surface area (Å²) in [5.41, 5.74) is 0. The van der Waals surface area contributed by atoms with Gasteiger partial charge in [0.05, 0.1) is 6.61 Å². The summed E-state index contributed by atoms with van der Waals surface area (Å²) in [5.74, 6) is 0.653. The van der Waals surface area contributed by atoms with E-state index in [1.807, 2.05) is 14.1 Å². The van der Waals surface area contributed by atoms with Gasteiger partial charge in [-0.25, -0.2) is 0 Å². The quantitative estimate of drug-likeness (QED) is 0.0613. The van der Waals surface area contributed by atoms with Crippen molar-refractivity contribution in [2.75, 3.05) is 33.8 Å². The Kier molecular flexibility index (Phi) is 24.9. The van der Waals surface area contributed by atoms with E-state index in [0.29, 0.717) is 31.8 Å². The number of carbonyl (C=O) groups is 3. The van der Waals surface area contributed by atoms with Gasteiger partial charge in [-0.3, -0.25) is 9.59 Å². The molecule has 0 aliphatic rings. The van der Waals surface area contributed by atoms with Crippen LogP contribution in [0.2, 0.25) is 0 Å². The molecule has 0 aromatic rings. The lowest BCUT2D eigenvalue weighted by molar-refractivity contribution is -0.145. The standard InChI is InChI=1S/C32H62N2O4/c1-6-9-11-15-21-30(22-16-12-13-19-27-35)34(31(36)24-26-33(4)5)25-18-14-17-23-32(37)38-28-29(8-3)20-10-7-2/h27,29-30H,6-26,28H2,1-5H3. The zero-order valence-corrected chi connectivity index (χ0v) is 25.8. The van der Waals surface area contributed by atoms with Gasteiger partial charge in [0.25, 0.3) is 0 Å². The van der Waals surface area contributed by atoms with Gasteiger partial charge in [0.15, 0.2) is 0 Å². The summed E-state index contributed by atoms with van der Waals surface area (Å²) in [7, 11) is 4.02. The molecule has 38 heavy (non-hydrogen) atoms. The van der Waals surface area contributed by atoms with E-state index in [2.05, 4.69) is 30.6 Å². The lowest BCUT2D eigenvalue weighted by atomic mass is 9.98. The molecule has 0 aliphatic heterocycles. The zero-order valence-electron chi connectivity index (χ0n) is 25.8. The van der Waals surface area contributed by atoms with Crippen molar-refractivity contribution in [3.63, 3.8) is 0 Å². The molecule has 0 radical (unpaired) electrons. The molecular formula is C32H62N2O4. The van der Waals surface area contributed by atoms with E-state index in [0.717, 1.165) is 90.0 Å². The third-order valence-corrected chi connectivity index (χ3v) is 7.59. The first kappa shape index (κ1) is 36.6. The molecule has 0 bridgehead atoms. The SMILES string of the molecule is CCCCCCC(CCCCCC=O)N(CCCCCC(=O)OCC(CC)CCCC)C(=O)CCN(C)C. The molecule has 224 valence electrons. The normalized spacial score (nSPS) is 12.9. The lowest BCUT2D eigenvalue weighted by Crippen LogP contribution is -2.42. The van der Waals surface area contributed by atoms with Crippen LogP contribution in [0.5, 0.6) is 0 Å². The highest BCUT2D eigenvalue weighted by Crippen LogP contribution is 2.20. The van der Waals surface area contributed by atoms with E-state index in [1.54, 1.807) is 0 Å². The minimum absolute atomic E-state index is 0.0806. The van der Waals surface area contributed by atoms with Crippen molar-refractivity contribution in [2.24, 2.45) is 5.92 Å². The summed E-state index contributed by atoms with van der Waals surface area (Å²) in [6, 6.07) is 0.275. The molecule has 0 aromatic carbocycles. The summed E-state index contributed by atoms with van der Waals surface area (Å²) in [6.45, 7) is 8.67. The molecule has 2 unspecified atom stereocenters. The first-order valence-electron chi connectivity index (χ1n) is 15.9. The van der Waals surface area contributed by atoms with E-state index in [4.69, 9.17) is 4.74 Å². The molecule has 2 atom stereocenters. The van der Waals surface area contributed by atoms with Gasteiger partial charge in [0.1, 0.15) is 6.29 Å². The van der Waals surface area contributed by atoms with Crippen LogP contribution in [0.3, 0.4) is 0 Å². The number of nitrogens with zero attached hydrogens (tertiary/aromatic N) is 2. The van der Waals surface area contributed by atoms with Crippen LogP contribution in [0.15, 0.2) is 0 Å². The molecule has 6 heteroatoms. The Balaban J connectivity index is 4.84. The van der Waals surface area contributed by atoms with Crippen LogP contribution in [0.1, 0.15) is 143 Å².